The number of benzene rings is 1. The molecule has 0 aliphatic carbocycles. The van der Waals surface area contributed by atoms with Crippen LogP contribution in [0, 0.1) is 0 Å². The molecule has 0 spiro atoms. The van der Waals surface area contributed by atoms with Crippen LogP contribution in [0.2, 0.25) is 0 Å². The van der Waals surface area contributed by atoms with Crippen molar-refractivity contribution in [2.24, 2.45) is 0 Å². The van der Waals surface area contributed by atoms with Gasteiger partial charge in [0.25, 0.3) is 0 Å². The lowest BCUT2D eigenvalue weighted by atomic mass is 10.2. The average Bonchev–Trinajstić information content (AvgIpc) is 2.65. The van der Waals surface area contributed by atoms with Gasteiger partial charge >= 0.3 is 0 Å². The zero-order valence-electron chi connectivity index (χ0n) is 8.07. The number of ether oxygens (including phenoxy) is 1. The van der Waals surface area contributed by atoms with Crippen LogP contribution in [0.4, 0.5) is 0 Å². The average molecular weight is 243 g/mol. The van der Waals surface area contributed by atoms with Crippen molar-refractivity contribution in [1.29, 1.82) is 0 Å². The minimum Gasteiger partial charge on any atom is -0.504 e. The second-order valence-corrected chi connectivity index (χ2v) is 4.50. The van der Waals surface area contributed by atoms with Gasteiger partial charge in [0.1, 0.15) is 0 Å². The summed E-state index contributed by atoms with van der Waals surface area (Å²) in [6.45, 7) is 0.536. The Hall–Kier alpha value is -0.930. The summed E-state index contributed by atoms with van der Waals surface area (Å²) < 4.78 is 6.55. The highest BCUT2D eigenvalue weighted by Crippen LogP contribution is 2.33. The molecule has 2 nitrogen and oxygen atoms in total. The van der Waals surface area contributed by atoms with Gasteiger partial charge in [0.2, 0.25) is 0 Å². The summed E-state index contributed by atoms with van der Waals surface area (Å²) in [5.41, 5.74) is 0. The quantitative estimate of drug-likeness (QED) is 0.656. The Morgan fingerprint density at radius 3 is 3.07 bits per heavy atom. The lowest BCUT2D eigenvalue weighted by molar-refractivity contribution is 0.301. The SMILES string of the molecule is Oc1cc2ccsc2cc1OCCCCl. The fourth-order valence-electron chi connectivity index (χ4n) is 1.33. The predicted molar refractivity (Wildman–Crippen MR) is 64.3 cm³/mol. The summed E-state index contributed by atoms with van der Waals surface area (Å²) >= 11 is 7.18. The largest absolute Gasteiger partial charge is 0.504 e. The summed E-state index contributed by atoms with van der Waals surface area (Å²) in [7, 11) is 0. The van der Waals surface area contributed by atoms with Crippen LogP contribution in [0.5, 0.6) is 11.5 Å². The molecule has 80 valence electrons. The van der Waals surface area contributed by atoms with E-state index < -0.39 is 0 Å². The molecule has 2 rings (SSSR count). The number of aromatic hydroxyl groups is 1. The third-order valence-electron chi connectivity index (χ3n) is 2.07. The highest BCUT2D eigenvalue weighted by Gasteiger charge is 2.05. The van der Waals surface area contributed by atoms with E-state index in [-0.39, 0.29) is 5.75 Å². The van der Waals surface area contributed by atoms with Crippen molar-refractivity contribution in [1.82, 2.24) is 0 Å². The molecule has 0 atom stereocenters. The molecular weight excluding hydrogens is 232 g/mol. The van der Waals surface area contributed by atoms with Crippen molar-refractivity contribution in [3.8, 4) is 11.5 Å². The van der Waals surface area contributed by atoms with Crippen LogP contribution < -0.4 is 4.74 Å². The zero-order chi connectivity index (χ0) is 10.7. The molecule has 4 heteroatoms. The predicted octanol–water partition coefficient (Wildman–Crippen LogP) is 3.61. The van der Waals surface area contributed by atoms with Gasteiger partial charge in [0.15, 0.2) is 11.5 Å². The number of phenolic OH excluding ortho intramolecular Hbond substituents is 1. The summed E-state index contributed by atoms with van der Waals surface area (Å²) in [5.74, 6) is 1.30. The van der Waals surface area contributed by atoms with E-state index in [1.807, 2.05) is 17.5 Å². The molecule has 0 bridgehead atoms. The van der Waals surface area contributed by atoms with Crippen molar-refractivity contribution >= 4 is 33.0 Å². The molecule has 0 unspecified atom stereocenters. The van der Waals surface area contributed by atoms with Crippen molar-refractivity contribution in [2.45, 2.75) is 6.42 Å². The van der Waals surface area contributed by atoms with Gasteiger partial charge in [0.05, 0.1) is 6.61 Å². The Morgan fingerprint density at radius 1 is 1.40 bits per heavy atom. The molecule has 0 saturated carbocycles. The van der Waals surface area contributed by atoms with Crippen molar-refractivity contribution in [2.75, 3.05) is 12.5 Å². The Morgan fingerprint density at radius 2 is 2.27 bits per heavy atom. The van der Waals surface area contributed by atoms with Gasteiger partial charge in [0, 0.05) is 16.6 Å². The highest BCUT2D eigenvalue weighted by atomic mass is 35.5. The number of fused-ring (bicyclic) bond motifs is 1. The van der Waals surface area contributed by atoms with E-state index in [0.717, 1.165) is 16.5 Å². The van der Waals surface area contributed by atoms with Crippen molar-refractivity contribution in [3.63, 3.8) is 0 Å². The molecule has 1 aromatic carbocycles. The van der Waals surface area contributed by atoms with Crippen molar-refractivity contribution in [3.05, 3.63) is 23.6 Å². The van der Waals surface area contributed by atoms with Crippen LogP contribution in [0.1, 0.15) is 6.42 Å². The van der Waals surface area contributed by atoms with E-state index in [0.29, 0.717) is 18.2 Å². The Bertz CT molecular complexity index is 453. The summed E-state index contributed by atoms with van der Waals surface area (Å²) in [4.78, 5) is 0. The van der Waals surface area contributed by atoms with E-state index in [2.05, 4.69) is 0 Å². The van der Waals surface area contributed by atoms with E-state index in [1.54, 1.807) is 17.4 Å². The van der Waals surface area contributed by atoms with Crippen molar-refractivity contribution < 1.29 is 9.84 Å². The first-order valence-electron chi connectivity index (χ1n) is 4.70. The second-order valence-electron chi connectivity index (χ2n) is 3.17. The molecule has 2 aromatic rings. The zero-order valence-corrected chi connectivity index (χ0v) is 9.64. The minimum absolute atomic E-state index is 0.190. The van der Waals surface area contributed by atoms with Gasteiger partial charge in [-0.25, -0.2) is 0 Å². The first kappa shape index (κ1) is 10.6. The van der Waals surface area contributed by atoms with E-state index in [4.69, 9.17) is 16.3 Å². The summed E-state index contributed by atoms with van der Waals surface area (Å²) in [5, 5.41) is 12.7. The monoisotopic (exact) mass is 242 g/mol. The van der Waals surface area contributed by atoms with Crippen LogP contribution in [-0.4, -0.2) is 17.6 Å². The van der Waals surface area contributed by atoms with Crippen LogP contribution in [0.25, 0.3) is 10.1 Å². The highest BCUT2D eigenvalue weighted by molar-refractivity contribution is 7.17. The smallest absolute Gasteiger partial charge is 0.162 e. The third-order valence-corrected chi connectivity index (χ3v) is 3.22. The number of hydrogen-bond acceptors (Lipinski definition) is 3. The molecule has 0 saturated heterocycles. The van der Waals surface area contributed by atoms with Gasteiger partial charge < -0.3 is 9.84 Å². The van der Waals surface area contributed by atoms with Gasteiger partial charge in [-0.1, -0.05) is 0 Å². The molecule has 15 heavy (non-hydrogen) atoms. The van der Waals surface area contributed by atoms with Crippen LogP contribution >= 0.6 is 22.9 Å². The molecule has 0 amide bonds. The van der Waals surface area contributed by atoms with E-state index >= 15 is 0 Å². The van der Waals surface area contributed by atoms with Crippen LogP contribution in [0.3, 0.4) is 0 Å². The number of thiophene rings is 1. The molecule has 0 aliphatic heterocycles. The van der Waals surface area contributed by atoms with E-state index in [9.17, 15) is 5.11 Å². The molecule has 0 aliphatic rings. The normalized spacial score (nSPS) is 10.7. The topological polar surface area (TPSA) is 29.5 Å². The molecule has 0 fully saturated rings. The number of alkyl halides is 1. The lowest BCUT2D eigenvalue weighted by Gasteiger charge is -2.07. The minimum atomic E-state index is 0.190. The Kier molecular flexibility index (Phi) is 3.34. The molecular formula is C11H11ClO2S. The maximum Gasteiger partial charge on any atom is 0.162 e. The molecule has 0 radical (unpaired) electrons. The molecule has 1 N–H and O–H groups in total. The maximum atomic E-state index is 9.67. The first-order chi connectivity index (χ1) is 7.31. The molecule has 1 aromatic heterocycles. The second kappa shape index (κ2) is 4.73. The maximum absolute atomic E-state index is 9.67. The lowest BCUT2D eigenvalue weighted by Crippen LogP contribution is -1.97. The summed E-state index contributed by atoms with van der Waals surface area (Å²) in [6.07, 6.45) is 0.781. The first-order valence-corrected chi connectivity index (χ1v) is 6.11. The Labute approximate surface area is 97.1 Å². The summed E-state index contributed by atoms with van der Waals surface area (Å²) in [6, 6.07) is 5.56. The number of phenols is 1. The fraction of sp³-hybridized carbons (Fsp3) is 0.273. The standard InChI is InChI=1S/C11H11ClO2S/c12-3-1-4-14-10-7-11-8(2-5-15-11)6-9(10)13/h2,5-7,13H,1,3-4H2. The molecule has 1 heterocycles. The number of rotatable bonds is 4. The fourth-order valence-corrected chi connectivity index (χ4v) is 2.24. The van der Waals surface area contributed by atoms with Gasteiger partial charge in [-0.15, -0.1) is 22.9 Å². The van der Waals surface area contributed by atoms with Crippen LogP contribution in [0.15, 0.2) is 23.6 Å². The van der Waals surface area contributed by atoms with E-state index in [1.165, 1.54) is 0 Å². The van der Waals surface area contributed by atoms with Gasteiger partial charge in [-0.2, -0.15) is 0 Å². The Balaban J connectivity index is 2.22. The van der Waals surface area contributed by atoms with Crippen LogP contribution in [-0.2, 0) is 0 Å². The van der Waals surface area contributed by atoms with Gasteiger partial charge in [-0.05, 0) is 29.3 Å². The number of halogens is 1. The third kappa shape index (κ3) is 2.36. The number of hydrogen-bond donors (Lipinski definition) is 1. The van der Waals surface area contributed by atoms with Gasteiger partial charge in [-0.3, -0.25) is 0 Å².